The van der Waals surface area contributed by atoms with Crippen molar-refractivity contribution in [3.63, 3.8) is 0 Å². The van der Waals surface area contributed by atoms with Crippen LogP contribution in [0.25, 0.3) is 11.0 Å². The number of non-ortho nitro benzene ring substituents is 1. The fourth-order valence-corrected chi connectivity index (χ4v) is 3.26. The van der Waals surface area contributed by atoms with E-state index in [4.69, 9.17) is 9.47 Å². The van der Waals surface area contributed by atoms with Gasteiger partial charge in [0, 0.05) is 19.6 Å². The molecule has 1 aromatic carbocycles. The number of rotatable bonds is 6. The minimum Gasteiger partial charge on any atom is -0.394 e. The fourth-order valence-electron chi connectivity index (χ4n) is 3.26. The topological polar surface area (TPSA) is 140 Å². The molecule has 0 spiro atoms. The summed E-state index contributed by atoms with van der Waals surface area (Å²) in [6.07, 6.45) is -2.23. The van der Waals surface area contributed by atoms with Gasteiger partial charge in [0.25, 0.3) is 5.69 Å². The molecular formula is C15H19N3O7. The van der Waals surface area contributed by atoms with Gasteiger partial charge in [0.2, 0.25) is 0 Å². The summed E-state index contributed by atoms with van der Waals surface area (Å²) in [6, 6.07) is 4.45. The van der Waals surface area contributed by atoms with Crippen LogP contribution in [0.3, 0.4) is 0 Å². The van der Waals surface area contributed by atoms with Crippen LogP contribution in [-0.4, -0.2) is 68.4 Å². The first-order valence-corrected chi connectivity index (χ1v) is 7.71. The van der Waals surface area contributed by atoms with Gasteiger partial charge in [-0.25, -0.2) is 4.98 Å². The Labute approximate surface area is 142 Å². The van der Waals surface area contributed by atoms with Crippen molar-refractivity contribution >= 4 is 16.7 Å². The molecule has 1 aromatic heterocycles. The first-order chi connectivity index (χ1) is 12.0. The fraction of sp³-hybridized carbons (Fsp3) is 0.533. The third-order valence-electron chi connectivity index (χ3n) is 4.53. The second kappa shape index (κ2) is 6.65. The van der Waals surface area contributed by atoms with Gasteiger partial charge in [-0.2, -0.15) is 0 Å². The van der Waals surface area contributed by atoms with E-state index in [0.29, 0.717) is 5.52 Å². The molecule has 10 nitrogen and oxygen atoms in total. The van der Waals surface area contributed by atoms with Crippen LogP contribution in [0.4, 0.5) is 5.69 Å². The third-order valence-corrected chi connectivity index (χ3v) is 4.53. The van der Waals surface area contributed by atoms with E-state index in [0.717, 1.165) is 0 Å². The van der Waals surface area contributed by atoms with E-state index in [9.17, 15) is 25.4 Å². The Morgan fingerprint density at radius 1 is 1.48 bits per heavy atom. The predicted octanol–water partition coefficient (Wildman–Crippen LogP) is -0.253. The number of ether oxygens (including phenoxy) is 2. The molecule has 2 heterocycles. The van der Waals surface area contributed by atoms with E-state index in [1.807, 2.05) is 0 Å². The Balaban J connectivity index is 2.17. The lowest BCUT2D eigenvalue weighted by atomic mass is 9.99. The van der Waals surface area contributed by atoms with Crippen molar-refractivity contribution in [3.05, 3.63) is 34.6 Å². The number of methoxy groups -OCH3 is 1. The van der Waals surface area contributed by atoms with Gasteiger partial charge in [-0.3, -0.25) is 14.7 Å². The lowest BCUT2D eigenvalue weighted by Crippen LogP contribution is -2.46. The smallest absolute Gasteiger partial charge is 0.297 e. The Bertz CT molecular complexity index is 780. The van der Waals surface area contributed by atoms with Crippen LogP contribution in [0.5, 0.6) is 0 Å². The Morgan fingerprint density at radius 3 is 2.84 bits per heavy atom. The summed E-state index contributed by atoms with van der Waals surface area (Å²) in [4.78, 5) is 14.7. The summed E-state index contributed by atoms with van der Waals surface area (Å²) < 4.78 is 12.3. The van der Waals surface area contributed by atoms with Crippen LogP contribution in [0.1, 0.15) is 6.42 Å². The molecule has 1 saturated heterocycles. The molecule has 0 amide bonds. The second-order valence-corrected chi connectivity index (χ2v) is 5.88. The standard InChI is InChI=1S/C15H19N3O7/c1-24-6-5-15(14(21)13(20)11(7-19)25-15)17-8-16-12-9(17)3-2-4-10(12)18(22)23/h2-4,8,11,13-14,19-21H,5-7H2,1H3/t11-,13-,14-,15?/m1/s1. The first-order valence-electron chi connectivity index (χ1n) is 7.71. The molecule has 0 bridgehead atoms. The first kappa shape index (κ1) is 17.7. The molecule has 4 atom stereocenters. The largest absolute Gasteiger partial charge is 0.394 e. The van der Waals surface area contributed by atoms with Gasteiger partial charge in [0.05, 0.1) is 30.0 Å². The van der Waals surface area contributed by atoms with Crippen LogP contribution in [0, 0.1) is 10.1 Å². The minimum atomic E-state index is -1.47. The lowest BCUT2D eigenvalue weighted by molar-refractivity contribution is -0.383. The Kier molecular flexibility index (Phi) is 4.71. The molecule has 3 rings (SSSR count). The number of hydrogen-bond donors (Lipinski definition) is 3. The third kappa shape index (κ3) is 2.68. The summed E-state index contributed by atoms with van der Waals surface area (Å²) in [5, 5.41) is 41.4. The zero-order chi connectivity index (χ0) is 18.2. The SMILES string of the molecule is COCCC1(n2cnc3c([N+](=O)[O-])cccc32)O[C@H](CO)[C@@H](O)[C@H]1O. The normalized spacial score (nSPS) is 29.4. The number of imidazole rings is 1. The van der Waals surface area contributed by atoms with E-state index < -0.39 is 35.6 Å². The molecule has 2 aromatic rings. The maximum Gasteiger partial charge on any atom is 0.297 e. The van der Waals surface area contributed by atoms with E-state index >= 15 is 0 Å². The van der Waals surface area contributed by atoms with Crippen molar-refractivity contribution in [1.29, 1.82) is 0 Å². The summed E-state index contributed by atoms with van der Waals surface area (Å²) in [6.45, 7) is -0.295. The summed E-state index contributed by atoms with van der Waals surface area (Å²) >= 11 is 0. The van der Waals surface area contributed by atoms with Crippen molar-refractivity contribution in [3.8, 4) is 0 Å². The number of fused-ring (bicyclic) bond motifs is 1. The van der Waals surface area contributed by atoms with E-state index in [1.165, 1.54) is 30.1 Å². The zero-order valence-corrected chi connectivity index (χ0v) is 13.5. The van der Waals surface area contributed by atoms with Gasteiger partial charge in [-0.05, 0) is 6.07 Å². The number of aliphatic hydroxyl groups excluding tert-OH is 3. The average molecular weight is 353 g/mol. The van der Waals surface area contributed by atoms with Gasteiger partial charge in [0.15, 0.2) is 11.2 Å². The van der Waals surface area contributed by atoms with Crippen molar-refractivity contribution in [1.82, 2.24) is 9.55 Å². The Morgan fingerprint density at radius 2 is 2.24 bits per heavy atom. The average Bonchev–Trinajstić information content (AvgIpc) is 3.14. The zero-order valence-electron chi connectivity index (χ0n) is 13.5. The van der Waals surface area contributed by atoms with E-state index in [-0.39, 0.29) is 24.2 Å². The van der Waals surface area contributed by atoms with Gasteiger partial charge < -0.3 is 24.8 Å². The molecule has 25 heavy (non-hydrogen) atoms. The maximum absolute atomic E-state index is 11.2. The number of para-hydroxylation sites is 1. The van der Waals surface area contributed by atoms with E-state index in [2.05, 4.69) is 4.98 Å². The highest BCUT2D eigenvalue weighted by Gasteiger charge is 2.55. The van der Waals surface area contributed by atoms with Crippen LogP contribution in [0.2, 0.25) is 0 Å². The maximum atomic E-state index is 11.2. The number of aliphatic hydroxyl groups is 3. The van der Waals surface area contributed by atoms with Gasteiger partial charge in [-0.15, -0.1) is 0 Å². The van der Waals surface area contributed by atoms with Crippen molar-refractivity contribution in [2.24, 2.45) is 0 Å². The molecule has 1 aliphatic rings. The minimum absolute atomic E-state index is 0.141. The van der Waals surface area contributed by atoms with Crippen molar-refractivity contribution in [2.45, 2.75) is 30.5 Å². The molecular weight excluding hydrogens is 334 g/mol. The highest BCUT2D eigenvalue weighted by molar-refractivity contribution is 5.84. The molecule has 1 unspecified atom stereocenters. The molecule has 0 saturated carbocycles. The van der Waals surface area contributed by atoms with Crippen molar-refractivity contribution < 1.29 is 29.7 Å². The van der Waals surface area contributed by atoms with Crippen LogP contribution in [0.15, 0.2) is 24.5 Å². The number of nitro benzene ring substituents is 1. The molecule has 0 aliphatic carbocycles. The monoisotopic (exact) mass is 353 g/mol. The molecule has 136 valence electrons. The quantitative estimate of drug-likeness (QED) is 0.477. The van der Waals surface area contributed by atoms with E-state index in [1.54, 1.807) is 6.07 Å². The predicted molar refractivity (Wildman–Crippen MR) is 84.8 cm³/mol. The van der Waals surface area contributed by atoms with Gasteiger partial charge in [-0.1, -0.05) is 6.07 Å². The lowest BCUT2D eigenvalue weighted by Gasteiger charge is -2.34. The van der Waals surface area contributed by atoms with Gasteiger partial charge in [0.1, 0.15) is 18.3 Å². The molecule has 0 radical (unpaired) electrons. The number of aromatic nitrogens is 2. The van der Waals surface area contributed by atoms with Gasteiger partial charge >= 0.3 is 0 Å². The number of nitrogens with zero attached hydrogens (tertiary/aromatic N) is 3. The van der Waals surface area contributed by atoms with Crippen LogP contribution < -0.4 is 0 Å². The molecule has 1 fully saturated rings. The highest BCUT2D eigenvalue weighted by atomic mass is 16.6. The number of hydrogen-bond acceptors (Lipinski definition) is 8. The number of benzene rings is 1. The number of nitro groups is 1. The summed E-state index contributed by atoms with van der Waals surface area (Å²) in [5.74, 6) is 0. The molecule has 1 aliphatic heterocycles. The summed E-state index contributed by atoms with van der Waals surface area (Å²) in [7, 11) is 1.48. The second-order valence-electron chi connectivity index (χ2n) is 5.88. The molecule has 10 heteroatoms. The summed E-state index contributed by atoms with van der Waals surface area (Å²) in [5.41, 5.74) is -1.13. The van der Waals surface area contributed by atoms with Crippen LogP contribution in [-0.2, 0) is 15.2 Å². The van der Waals surface area contributed by atoms with Crippen LogP contribution >= 0.6 is 0 Å². The highest BCUT2D eigenvalue weighted by Crippen LogP contribution is 2.41. The van der Waals surface area contributed by atoms with Crippen molar-refractivity contribution in [2.75, 3.05) is 20.3 Å². The molecule has 3 N–H and O–H groups in total. The Hall–Kier alpha value is -2.11.